The maximum Gasteiger partial charge on any atom is 0.224 e. The van der Waals surface area contributed by atoms with E-state index in [9.17, 15) is 5.11 Å². The second kappa shape index (κ2) is 5.71. The molecule has 0 aromatic carbocycles. The van der Waals surface area contributed by atoms with Gasteiger partial charge in [-0.2, -0.15) is 4.98 Å². The number of piperidine rings is 1. The van der Waals surface area contributed by atoms with E-state index in [-0.39, 0.29) is 6.10 Å². The third-order valence-corrected chi connectivity index (χ3v) is 3.74. The van der Waals surface area contributed by atoms with Gasteiger partial charge < -0.3 is 15.3 Å². The molecule has 5 nitrogen and oxygen atoms in total. The molecule has 1 unspecified atom stereocenters. The van der Waals surface area contributed by atoms with Crippen molar-refractivity contribution in [2.45, 2.75) is 25.9 Å². The normalized spacial score (nSPS) is 18.8. The summed E-state index contributed by atoms with van der Waals surface area (Å²) in [5.74, 6) is 1.73. The number of hydrogen-bond acceptors (Lipinski definition) is 5. The Morgan fingerprint density at radius 2 is 2.17 bits per heavy atom. The zero-order valence-corrected chi connectivity index (χ0v) is 11.5. The second-order valence-corrected chi connectivity index (χ2v) is 5.09. The molecule has 0 amide bonds. The zero-order valence-electron chi connectivity index (χ0n) is 10.7. The maximum atomic E-state index is 9.59. The van der Waals surface area contributed by atoms with Crippen molar-refractivity contribution in [3.63, 3.8) is 0 Å². The summed E-state index contributed by atoms with van der Waals surface area (Å²) in [6.07, 6.45) is 3.32. The van der Waals surface area contributed by atoms with Crippen LogP contribution in [-0.2, 0) is 0 Å². The molecule has 1 saturated heterocycles. The van der Waals surface area contributed by atoms with Gasteiger partial charge in [0.2, 0.25) is 5.95 Å². The Balaban J connectivity index is 2.09. The van der Waals surface area contributed by atoms with Crippen LogP contribution in [0, 0.1) is 5.92 Å². The first-order valence-electron chi connectivity index (χ1n) is 6.25. The smallest absolute Gasteiger partial charge is 0.224 e. The van der Waals surface area contributed by atoms with E-state index in [0.717, 1.165) is 31.7 Å². The summed E-state index contributed by atoms with van der Waals surface area (Å²) in [5, 5.41) is 13.1. The summed E-state index contributed by atoms with van der Waals surface area (Å²) in [6, 6.07) is 0. The van der Waals surface area contributed by atoms with Crippen molar-refractivity contribution < 1.29 is 5.11 Å². The van der Waals surface area contributed by atoms with Crippen LogP contribution < -0.4 is 10.2 Å². The van der Waals surface area contributed by atoms with Crippen molar-refractivity contribution in [1.29, 1.82) is 0 Å². The number of aliphatic hydroxyl groups is 1. The number of aliphatic hydroxyl groups excluding tert-OH is 1. The van der Waals surface area contributed by atoms with Gasteiger partial charge in [-0.3, -0.25) is 0 Å². The largest absolute Gasteiger partial charge is 0.393 e. The molecule has 0 spiro atoms. The molecule has 0 bridgehead atoms. The Bertz CT molecular complexity index is 405. The van der Waals surface area contributed by atoms with Crippen LogP contribution in [0.3, 0.4) is 0 Å². The number of nitrogens with zero attached hydrogens (tertiary/aromatic N) is 3. The fraction of sp³-hybridized carbons (Fsp3) is 0.667. The van der Waals surface area contributed by atoms with E-state index in [4.69, 9.17) is 11.6 Å². The number of hydrogen-bond donors (Lipinski definition) is 2. The molecule has 1 fully saturated rings. The molecular weight excluding hydrogens is 252 g/mol. The van der Waals surface area contributed by atoms with Crippen molar-refractivity contribution >= 4 is 23.4 Å². The first-order chi connectivity index (χ1) is 8.61. The van der Waals surface area contributed by atoms with Gasteiger partial charge in [-0.15, -0.1) is 0 Å². The minimum absolute atomic E-state index is 0.235. The van der Waals surface area contributed by atoms with Crippen LogP contribution in [0.1, 0.15) is 19.8 Å². The summed E-state index contributed by atoms with van der Waals surface area (Å²) in [4.78, 5) is 10.6. The monoisotopic (exact) mass is 270 g/mol. The minimum Gasteiger partial charge on any atom is -0.393 e. The highest BCUT2D eigenvalue weighted by Gasteiger charge is 2.24. The molecule has 2 rings (SSSR count). The predicted molar refractivity (Wildman–Crippen MR) is 73.2 cm³/mol. The molecule has 0 saturated carbocycles. The Kier molecular flexibility index (Phi) is 4.24. The molecule has 1 aromatic heterocycles. The fourth-order valence-corrected chi connectivity index (χ4v) is 2.50. The summed E-state index contributed by atoms with van der Waals surface area (Å²) < 4.78 is 0. The van der Waals surface area contributed by atoms with Crippen LogP contribution in [0.2, 0.25) is 5.02 Å². The standard InChI is InChI=1S/C12H19ClN4O/c1-8(18)9-3-5-17(6-4-9)11-10(13)7-15-12(14-2)16-11/h7-9,18H,3-6H2,1-2H3,(H,14,15,16). The van der Waals surface area contributed by atoms with Gasteiger partial charge in [-0.25, -0.2) is 4.98 Å². The molecule has 100 valence electrons. The SMILES string of the molecule is CNc1ncc(Cl)c(N2CCC(C(C)O)CC2)n1. The van der Waals surface area contributed by atoms with E-state index in [1.54, 1.807) is 13.2 Å². The van der Waals surface area contributed by atoms with Crippen molar-refractivity contribution in [1.82, 2.24) is 9.97 Å². The average molecular weight is 271 g/mol. The second-order valence-electron chi connectivity index (χ2n) is 4.68. The lowest BCUT2D eigenvalue weighted by Gasteiger charge is -2.34. The van der Waals surface area contributed by atoms with E-state index < -0.39 is 0 Å². The lowest BCUT2D eigenvalue weighted by molar-refractivity contribution is 0.110. The summed E-state index contributed by atoms with van der Waals surface area (Å²) in [7, 11) is 1.78. The number of rotatable bonds is 3. The fourth-order valence-electron chi connectivity index (χ4n) is 2.29. The van der Waals surface area contributed by atoms with Gasteiger partial charge in [0.15, 0.2) is 5.82 Å². The number of nitrogens with one attached hydrogen (secondary N) is 1. The summed E-state index contributed by atoms with van der Waals surface area (Å²) >= 11 is 6.14. The first-order valence-corrected chi connectivity index (χ1v) is 6.63. The minimum atomic E-state index is -0.235. The Morgan fingerprint density at radius 1 is 1.50 bits per heavy atom. The van der Waals surface area contributed by atoms with Crippen molar-refractivity contribution in [3.05, 3.63) is 11.2 Å². The first kappa shape index (κ1) is 13.4. The van der Waals surface area contributed by atoms with Crippen molar-refractivity contribution in [3.8, 4) is 0 Å². The Labute approximate surface area is 112 Å². The van der Waals surface area contributed by atoms with E-state index in [1.165, 1.54) is 0 Å². The highest BCUT2D eigenvalue weighted by Crippen LogP contribution is 2.29. The molecule has 1 aromatic rings. The third kappa shape index (κ3) is 2.84. The van der Waals surface area contributed by atoms with Gasteiger partial charge >= 0.3 is 0 Å². The molecule has 2 heterocycles. The van der Waals surface area contributed by atoms with Crippen molar-refractivity contribution in [2.24, 2.45) is 5.92 Å². The molecule has 2 N–H and O–H groups in total. The topological polar surface area (TPSA) is 61.3 Å². The highest BCUT2D eigenvalue weighted by molar-refractivity contribution is 6.32. The van der Waals surface area contributed by atoms with Crippen LogP contribution in [-0.4, -0.2) is 41.3 Å². The molecule has 0 aliphatic carbocycles. The lowest BCUT2D eigenvalue weighted by Crippen LogP contribution is -2.37. The molecular formula is C12H19ClN4O. The van der Waals surface area contributed by atoms with E-state index >= 15 is 0 Å². The third-order valence-electron chi connectivity index (χ3n) is 3.47. The lowest BCUT2D eigenvalue weighted by atomic mass is 9.92. The van der Waals surface area contributed by atoms with Gasteiger partial charge in [0.05, 0.1) is 12.3 Å². The van der Waals surface area contributed by atoms with Crippen LogP contribution in [0.15, 0.2) is 6.20 Å². The Morgan fingerprint density at radius 3 is 2.72 bits per heavy atom. The molecule has 1 atom stereocenters. The van der Waals surface area contributed by atoms with Crippen LogP contribution in [0.25, 0.3) is 0 Å². The molecule has 1 aliphatic heterocycles. The zero-order chi connectivity index (χ0) is 13.1. The Hall–Kier alpha value is -1.07. The van der Waals surface area contributed by atoms with Gasteiger partial charge in [0.25, 0.3) is 0 Å². The van der Waals surface area contributed by atoms with Crippen molar-refractivity contribution in [2.75, 3.05) is 30.4 Å². The van der Waals surface area contributed by atoms with Crippen LogP contribution in [0.4, 0.5) is 11.8 Å². The van der Waals surface area contributed by atoms with Crippen LogP contribution in [0.5, 0.6) is 0 Å². The summed E-state index contributed by atoms with van der Waals surface area (Å²) in [6.45, 7) is 3.60. The number of aromatic nitrogens is 2. The van der Waals surface area contributed by atoms with E-state index in [1.807, 2.05) is 6.92 Å². The highest BCUT2D eigenvalue weighted by atomic mass is 35.5. The molecule has 18 heavy (non-hydrogen) atoms. The van der Waals surface area contributed by atoms with Gasteiger partial charge in [0, 0.05) is 20.1 Å². The van der Waals surface area contributed by atoms with Gasteiger partial charge in [-0.05, 0) is 25.7 Å². The molecule has 6 heteroatoms. The maximum absolute atomic E-state index is 9.59. The summed E-state index contributed by atoms with van der Waals surface area (Å²) in [5.41, 5.74) is 0. The van der Waals surface area contributed by atoms with E-state index in [0.29, 0.717) is 16.9 Å². The predicted octanol–water partition coefficient (Wildman–Crippen LogP) is 1.77. The molecule has 0 radical (unpaired) electrons. The number of anilines is 2. The van der Waals surface area contributed by atoms with E-state index in [2.05, 4.69) is 20.2 Å². The van der Waals surface area contributed by atoms with Crippen LogP contribution >= 0.6 is 11.6 Å². The van der Waals surface area contributed by atoms with Gasteiger partial charge in [0.1, 0.15) is 5.02 Å². The number of halogens is 1. The quantitative estimate of drug-likeness (QED) is 0.877. The van der Waals surface area contributed by atoms with Gasteiger partial charge in [-0.1, -0.05) is 11.6 Å². The average Bonchev–Trinajstić information content (AvgIpc) is 2.39. The molecule has 1 aliphatic rings.